The maximum absolute atomic E-state index is 12.1. The molecule has 144 valence electrons. The summed E-state index contributed by atoms with van der Waals surface area (Å²) in [5, 5.41) is 7.89. The third-order valence-corrected chi connectivity index (χ3v) is 4.83. The Morgan fingerprint density at radius 2 is 1.89 bits per heavy atom. The molecule has 0 aliphatic rings. The number of amides is 1. The van der Waals surface area contributed by atoms with Crippen LogP contribution in [-0.2, 0) is 17.9 Å². The van der Waals surface area contributed by atoms with Crippen LogP contribution in [0.25, 0.3) is 11.3 Å². The van der Waals surface area contributed by atoms with E-state index in [1.165, 1.54) is 16.3 Å². The lowest BCUT2D eigenvalue weighted by Gasteiger charge is -2.09. The van der Waals surface area contributed by atoms with Gasteiger partial charge in [0.25, 0.3) is 5.56 Å². The molecule has 5 nitrogen and oxygen atoms in total. The quantitative estimate of drug-likeness (QED) is 0.688. The maximum atomic E-state index is 12.1. The Bertz CT molecular complexity index is 1060. The lowest BCUT2D eigenvalue weighted by atomic mass is 10.0. The van der Waals surface area contributed by atoms with Crippen LogP contribution >= 0.6 is 11.6 Å². The second kappa shape index (κ2) is 8.85. The number of carbonyl (C=O) groups is 1. The van der Waals surface area contributed by atoms with Gasteiger partial charge in [0, 0.05) is 29.6 Å². The summed E-state index contributed by atoms with van der Waals surface area (Å²) in [4.78, 5) is 24.2. The van der Waals surface area contributed by atoms with Crippen molar-refractivity contribution >= 4 is 17.5 Å². The second-order valence-electron chi connectivity index (χ2n) is 6.74. The number of halogens is 1. The number of aryl methyl sites for hydroxylation is 3. The van der Waals surface area contributed by atoms with Gasteiger partial charge in [-0.3, -0.25) is 9.59 Å². The van der Waals surface area contributed by atoms with E-state index in [9.17, 15) is 9.59 Å². The Labute approximate surface area is 169 Å². The molecule has 28 heavy (non-hydrogen) atoms. The average Bonchev–Trinajstić information content (AvgIpc) is 2.68. The van der Waals surface area contributed by atoms with Crippen LogP contribution < -0.4 is 10.9 Å². The van der Waals surface area contributed by atoms with E-state index in [4.69, 9.17) is 11.6 Å². The van der Waals surface area contributed by atoms with E-state index in [0.717, 1.165) is 16.7 Å². The Hall–Kier alpha value is -2.92. The number of hydrogen-bond acceptors (Lipinski definition) is 3. The minimum atomic E-state index is -0.227. The van der Waals surface area contributed by atoms with Crippen molar-refractivity contribution in [2.24, 2.45) is 0 Å². The lowest BCUT2D eigenvalue weighted by molar-refractivity contribution is -0.121. The molecule has 3 rings (SSSR count). The third kappa shape index (κ3) is 5.08. The summed E-state index contributed by atoms with van der Waals surface area (Å²) < 4.78 is 1.34. The van der Waals surface area contributed by atoms with Gasteiger partial charge in [-0.2, -0.15) is 5.10 Å². The first-order valence-electron chi connectivity index (χ1n) is 9.09. The Balaban J connectivity index is 1.64. The van der Waals surface area contributed by atoms with E-state index >= 15 is 0 Å². The summed E-state index contributed by atoms with van der Waals surface area (Å²) in [5.41, 5.74) is 4.72. The molecule has 0 fully saturated rings. The summed E-state index contributed by atoms with van der Waals surface area (Å²) in [6, 6.07) is 16.6. The van der Waals surface area contributed by atoms with E-state index < -0.39 is 0 Å². The van der Waals surface area contributed by atoms with Crippen LogP contribution in [0.15, 0.2) is 59.4 Å². The van der Waals surface area contributed by atoms with Crippen molar-refractivity contribution < 1.29 is 4.79 Å². The van der Waals surface area contributed by atoms with Crippen molar-refractivity contribution in [3.63, 3.8) is 0 Å². The second-order valence-corrected chi connectivity index (χ2v) is 7.17. The average molecular weight is 396 g/mol. The molecule has 1 N–H and O–H groups in total. The number of rotatable bonds is 6. The first kappa shape index (κ1) is 19.8. The molecule has 1 aromatic heterocycles. The predicted octanol–water partition coefficient (Wildman–Crippen LogP) is 3.89. The monoisotopic (exact) mass is 395 g/mol. The minimum Gasteiger partial charge on any atom is -0.352 e. The van der Waals surface area contributed by atoms with Crippen LogP contribution in [0.4, 0.5) is 0 Å². The van der Waals surface area contributed by atoms with Crippen molar-refractivity contribution in [1.29, 1.82) is 0 Å². The largest absolute Gasteiger partial charge is 0.352 e. The van der Waals surface area contributed by atoms with Gasteiger partial charge in [-0.1, -0.05) is 35.9 Å². The maximum Gasteiger partial charge on any atom is 0.266 e. The van der Waals surface area contributed by atoms with Crippen LogP contribution in [0.5, 0.6) is 0 Å². The summed E-state index contributed by atoms with van der Waals surface area (Å²) in [6.45, 7) is 4.71. The highest BCUT2D eigenvalue weighted by Crippen LogP contribution is 2.19. The first-order valence-corrected chi connectivity index (χ1v) is 9.47. The molecule has 0 saturated heterocycles. The molecule has 0 bridgehead atoms. The molecule has 2 aromatic carbocycles. The van der Waals surface area contributed by atoms with Gasteiger partial charge in [-0.15, -0.1) is 0 Å². The molecular formula is C22H22ClN3O2. The van der Waals surface area contributed by atoms with Crippen LogP contribution in [0.1, 0.15) is 23.1 Å². The number of nitrogens with one attached hydrogen (secondary N) is 1. The van der Waals surface area contributed by atoms with Crippen LogP contribution in [0.3, 0.4) is 0 Å². The van der Waals surface area contributed by atoms with Crippen molar-refractivity contribution in [1.82, 2.24) is 15.1 Å². The summed E-state index contributed by atoms with van der Waals surface area (Å²) in [6.07, 6.45) is 0.170. The molecule has 0 aliphatic carbocycles. The highest BCUT2D eigenvalue weighted by atomic mass is 35.5. The fourth-order valence-corrected chi connectivity index (χ4v) is 3.02. The van der Waals surface area contributed by atoms with Gasteiger partial charge in [0.2, 0.25) is 5.91 Å². The molecule has 0 radical (unpaired) electrons. The van der Waals surface area contributed by atoms with Crippen molar-refractivity contribution in [2.75, 3.05) is 0 Å². The van der Waals surface area contributed by atoms with Gasteiger partial charge >= 0.3 is 0 Å². The van der Waals surface area contributed by atoms with Gasteiger partial charge in [0.05, 0.1) is 12.2 Å². The van der Waals surface area contributed by atoms with E-state index in [1.807, 2.05) is 37.3 Å². The van der Waals surface area contributed by atoms with Gasteiger partial charge in [-0.05, 0) is 54.8 Å². The molecule has 0 atom stereocenters. The summed E-state index contributed by atoms with van der Waals surface area (Å²) >= 11 is 5.94. The molecule has 0 aliphatic heterocycles. The number of nitrogens with zero attached hydrogens (tertiary/aromatic N) is 2. The zero-order chi connectivity index (χ0) is 20.1. The SMILES string of the molecule is Cc1ccc(-c2ccc(=O)n(CCC(=O)NCc3cccc(Cl)c3)n2)cc1C. The Morgan fingerprint density at radius 3 is 2.64 bits per heavy atom. The highest BCUT2D eigenvalue weighted by Gasteiger charge is 2.07. The molecular weight excluding hydrogens is 374 g/mol. The molecule has 0 spiro atoms. The molecule has 0 saturated carbocycles. The lowest BCUT2D eigenvalue weighted by Crippen LogP contribution is -2.28. The molecule has 6 heteroatoms. The fraction of sp³-hybridized carbons (Fsp3) is 0.227. The van der Waals surface area contributed by atoms with Crippen molar-refractivity contribution in [2.45, 2.75) is 33.4 Å². The van der Waals surface area contributed by atoms with Crippen LogP contribution in [0.2, 0.25) is 5.02 Å². The normalized spacial score (nSPS) is 10.7. The number of aromatic nitrogens is 2. The Kier molecular flexibility index (Phi) is 6.26. The van der Waals surface area contributed by atoms with E-state index in [0.29, 0.717) is 17.3 Å². The molecule has 1 heterocycles. The number of carbonyl (C=O) groups excluding carboxylic acids is 1. The van der Waals surface area contributed by atoms with Gasteiger partial charge in [-0.25, -0.2) is 4.68 Å². The fourth-order valence-electron chi connectivity index (χ4n) is 2.81. The third-order valence-electron chi connectivity index (χ3n) is 4.60. The Morgan fingerprint density at radius 1 is 1.07 bits per heavy atom. The molecule has 3 aromatic rings. The zero-order valence-electron chi connectivity index (χ0n) is 15.9. The van der Waals surface area contributed by atoms with Crippen LogP contribution in [-0.4, -0.2) is 15.7 Å². The standard InChI is InChI=1S/C22H22ClN3O2/c1-15-6-7-18(12-16(15)2)20-8-9-22(28)26(25-20)11-10-21(27)24-14-17-4-3-5-19(23)13-17/h3-9,12-13H,10-11,14H2,1-2H3,(H,24,27). The number of benzene rings is 2. The number of hydrogen-bond donors (Lipinski definition) is 1. The van der Waals surface area contributed by atoms with E-state index in [2.05, 4.69) is 17.3 Å². The van der Waals surface area contributed by atoms with Gasteiger partial charge in [0.1, 0.15) is 0 Å². The predicted molar refractivity (Wildman–Crippen MR) is 111 cm³/mol. The highest BCUT2D eigenvalue weighted by molar-refractivity contribution is 6.30. The van der Waals surface area contributed by atoms with Crippen molar-refractivity contribution in [3.8, 4) is 11.3 Å². The first-order chi connectivity index (χ1) is 13.4. The summed E-state index contributed by atoms with van der Waals surface area (Å²) in [7, 11) is 0. The molecule has 1 amide bonds. The zero-order valence-corrected chi connectivity index (χ0v) is 16.7. The molecule has 0 unspecified atom stereocenters. The van der Waals surface area contributed by atoms with Crippen LogP contribution in [0, 0.1) is 13.8 Å². The smallest absolute Gasteiger partial charge is 0.266 e. The topological polar surface area (TPSA) is 64.0 Å². The summed E-state index contributed by atoms with van der Waals surface area (Å²) in [5.74, 6) is -0.148. The van der Waals surface area contributed by atoms with Crippen molar-refractivity contribution in [3.05, 3.63) is 86.7 Å². The van der Waals surface area contributed by atoms with Gasteiger partial charge in [0.15, 0.2) is 0 Å². The van der Waals surface area contributed by atoms with E-state index in [-0.39, 0.29) is 24.4 Å². The van der Waals surface area contributed by atoms with E-state index in [1.54, 1.807) is 18.2 Å². The van der Waals surface area contributed by atoms with Gasteiger partial charge < -0.3 is 5.32 Å². The minimum absolute atomic E-state index is 0.148.